The maximum Gasteiger partial charge on any atom is 0.376 e. The Morgan fingerprint density at radius 2 is 2.33 bits per heavy atom. The van der Waals surface area contributed by atoms with Crippen LogP contribution in [0.1, 0.15) is 19.8 Å². The van der Waals surface area contributed by atoms with Crippen LogP contribution in [0, 0.1) is 5.92 Å². The Bertz CT molecular complexity index is 259. The van der Waals surface area contributed by atoms with Crippen molar-refractivity contribution in [3.05, 3.63) is 0 Å². The van der Waals surface area contributed by atoms with E-state index in [9.17, 15) is 18.4 Å². The van der Waals surface area contributed by atoms with Gasteiger partial charge in [-0.25, -0.2) is 4.79 Å². The molecule has 1 saturated heterocycles. The van der Waals surface area contributed by atoms with Crippen molar-refractivity contribution in [3.8, 4) is 0 Å². The summed E-state index contributed by atoms with van der Waals surface area (Å²) in [5.41, 5.74) is 0. The Morgan fingerprint density at radius 1 is 1.67 bits per heavy atom. The lowest BCUT2D eigenvalue weighted by atomic mass is 10.1. The third kappa shape index (κ3) is 3.81. The maximum absolute atomic E-state index is 12.3. The molecule has 0 aromatic carbocycles. The highest BCUT2D eigenvalue weighted by molar-refractivity contribution is 5.76. The molecule has 86 valence electrons. The predicted molar refractivity (Wildman–Crippen MR) is 45.3 cm³/mol. The lowest BCUT2D eigenvalue weighted by molar-refractivity contribution is -0.169. The number of alkyl halides is 2. The van der Waals surface area contributed by atoms with Crippen LogP contribution < -0.4 is 0 Å². The van der Waals surface area contributed by atoms with E-state index in [0.29, 0.717) is 13.3 Å². The number of halogens is 2. The molecule has 1 atom stereocenters. The van der Waals surface area contributed by atoms with Crippen molar-refractivity contribution < 1.29 is 27.8 Å². The minimum atomic E-state index is -3.46. The average Bonchev–Trinajstić information content (AvgIpc) is 2.49. The lowest BCUT2D eigenvalue weighted by Gasteiger charge is -2.11. The van der Waals surface area contributed by atoms with Crippen LogP contribution in [0.2, 0.25) is 0 Å². The van der Waals surface area contributed by atoms with E-state index in [4.69, 9.17) is 0 Å². The van der Waals surface area contributed by atoms with Gasteiger partial charge >= 0.3 is 17.9 Å². The molecule has 0 radical (unpaired) electrons. The van der Waals surface area contributed by atoms with E-state index in [1.54, 1.807) is 0 Å². The molecule has 1 fully saturated rings. The van der Waals surface area contributed by atoms with Crippen LogP contribution in [0.15, 0.2) is 0 Å². The molecule has 1 rings (SSSR count). The first-order chi connectivity index (χ1) is 6.89. The summed E-state index contributed by atoms with van der Waals surface area (Å²) in [6.07, 6.45) is 0.633. The first kappa shape index (κ1) is 11.9. The normalized spacial score (nSPS) is 21.3. The Balaban J connectivity index is 2.17. The Labute approximate surface area is 85.5 Å². The third-order valence-corrected chi connectivity index (χ3v) is 2.05. The number of esters is 2. The van der Waals surface area contributed by atoms with Crippen molar-refractivity contribution >= 4 is 11.9 Å². The van der Waals surface area contributed by atoms with Crippen LogP contribution in [0.4, 0.5) is 8.78 Å². The molecular weight excluding hydrogens is 210 g/mol. The second kappa shape index (κ2) is 4.55. The summed E-state index contributed by atoms with van der Waals surface area (Å²) < 4.78 is 33.7. The van der Waals surface area contributed by atoms with Crippen molar-refractivity contribution in [3.63, 3.8) is 0 Å². The molecule has 0 N–H and O–H groups in total. The maximum atomic E-state index is 12.3. The van der Waals surface area contributed by atoms with E-state index in [1.807, 2.05) is 0 Å². The molecule has 15 heavy (non-hydrogen) atoms. The molecule has 1 aliphatic rings. The van der Waals surface area contributed by atoms with Gasteiger partial charge in [0.05, 0.1) is 19.6 Å². The van der Waals surface area contributed by atoms with Crippen molar-refractivity contribution in [2.45, 2.75) is 25.7 Å². The summed E-state index contributed by atoms with van der Waals surface area (Å²) in [6.45, 7) is 0.653. The molecular formula is C9H12F2O4. The largest absolute Gasteiger partial charge is 0.465 e. The van der Waals surface area contributed by atoms with Gasteiger partial charge in [-0.3, -0.25) is 4.79 Å². The molecule has 1 heterocycles. The summed E-state index contributed by atoms with van der Waals surface area (Å²) in [5.74, 6) is -5.32. The second-order valence-corrected chi connectivity index (χ2v) is 3.57. The van der Waals surface area contributed by atoms with Crippen LogP contribution in [-0.4, -0.2) is 31.1 Å². The van der Waals surface area contributed by atoms with Crippen LogP contribution in [0.25, 0.3) is 0 Å². The van der Waals surface area contributed by atoms with Gasteiger partial charge in [0.15, 0.2) is 0 Å². The molecule has 0 aromatic rings. The molecule has 6 heteroatoms. The fourth-order valence-corrected chi connectivity index (χ4v) is 1.19. The Kier molecular flexibility index (Phi) is 3.60. The zero-order valence-electron chi connectivity index (χ0n) is 8.29. The van der Waals surface area contributed by atoms with Gasteiger partial charge in [0.2, 0.25) is 0 Å². The summed E-state index contributed by atoms with van der Waals surface area (Å²) in [7, 11) is 0. The van der Waals surface area contributed by atoms with E-state index >= 15 is 0 Å². The summed E-state index contributed by atoms with van der Waals surface area (Å²) in [5, 5.41) is 0. The van der Waals surface area contributed by atoms with E-state index in [-0.39, 0.29) is 31.5 Å². The number of carbonyl (C=O) groups excluding carboxylic acids is 2. The minimum absolute atomic E-state index is 0.0317. The van der Waals surface area contributed by atoms with Crippen LogP contribution >= 0.6 is 0 Å². The number of cyclic esters (lactones) is 1. The highest BCUT2D eigenvalue weighted by Gasteiger charge is 2.34. The fraction of sp³-hybridized carbons (Fsp3) is 0.778. The monoisotopic (exact) mass is 222 g/mol. The van der Waals surface area contributed by atoms with Crippen LogP contribution in [0.5, 0.6) is 0 Å². The minimum Gasteiger partial charge on any atom is -0.465 e. The fourth-order valence-electron chi connectivity index (χ4n) is 1.19. The predicted octanol–water partition coefficient (Wildman–Crippen LogP) is 1.14. The molecule has 0 aromatic heterocycles. The molecule has 0 aliphatic carbocycles. The highest BCUT2D eigenvalue weighted by Crippen LogP contribution is 2.19. The van der Waals surface area contributed by atoms with E-state index < -0.39 is 11.9 Å². The summed E-state index contributed by atoms with van der Waals surface area (Å²) in [4.78, 5) is 21.3. The van der Waals surface area contributed by atoms with Crippen molar-refractivity contribution in [2.24, 2.45) is 5.92 Å². The molecule has 0 saturated carbocycles. The zero-order valence-corrected chi connectivity index (χ0v) is 8.29. The highest BCUT2D eigenvalue weighted by atomic mass is 19.3. The van der Waals surface area contributed by atoms with Gasteiger partial charge in [-0.2, -0.15) is 8.78 Å². The quantitative estimate of drug-likeness (QED) is 0.669. The molecule has 4 nitrogen and oxygen atoms in total. The van der Waals surface area contributed by atoms with Gasteiger partial charge in [-0.15, -0.1) is 0 Å². The molecule has 0 spiro atoms. The number of rotatable bonds is 4. The molecule has 1 aliphatic heterocycles. The van der Waals surface area contributed by atoms with E-state index in [0.717, 1.165) is 0 Å². The standard InChI is InChI=1S/C9H12F2O4/c1-9(10,11)8(13)14-3-2-6-4-7(12)15-5-6/h6H,2-5H2,1H3. The smallest absolute Gasteiger partial charge is 0.376 e. The molecule has 0 amide bonds. The first-order valence-electron chi connectivity index (χ1n) is 4.60. The number of hydrogen-bond acceptors (Lipinski definition) is 4. The SMILES string of the molecule is CC(F)(F)C(=O)OCCC1COC(=O)C1. The lowest BCUT2D eigenvalue weighted by Crippen LogP contribution is -2.27. The van der Waals surface area contributed by atoms with E-state index in [2.05, 4.69) is 9.47 Å². The Morgan fingerprint density at radius 3 is 2.80 bits per heavy atom. The second-order valence-electron chi connectivity index (χ2n) is 3.57. The van der Waals surface area contributed by atoms with Crippen molar-refractivity contribution in [1.29, 1.82) is 0 Å². The van der Waals surface area contributed by atoms with Gasteiger partial charge < -0.3 is 9.47 Å². The van der Waals surface area contributed by atoms with Gasteiger partial charge in [0, 0.05) is 12.8 Å². The summed E-state index contributed by atoms with van der Waals surface area (Å²) in [6, 6.07) is 0. The van der Waals surface area contributed by atoms with Crippen molar-refractivity contribution in [1.82, 2.24) is 0 Å². The number of hydrogen-bond donors (Lipinski definition) is 0. The molecule has 1 unspecified atom stereocenters. The Hall–Kier alpha value is -1.20. The third-order valence-electron chi connectivity index (χ3n) is 2.05. The van der Waals surface area contributed by atoms with Gasteiger partial charge in [0.1, 0.15) is 0 Å². The van der Waals surface area contributed by atoms with Crippen LogP contribution in [0.3, 0.4) is 0 Å². The van der Waals surface area contributed by atoms with Gasteiger partial charge in [-0.1, -0.05) is 0 Å². The number of ether oxygens (including phenoxy) is 2. The topological polar surface area (TPSA) is 52.6 Å². The average molecular weight is 222 g/mol. The van der Waals surface area contributed by atoms with Crippen molar-refractivity contribution in [2.75, 3.05) is 13.2 Å². The van der Waals surface area contributed by atoms with E-state index in [1.165, 1.54) is 0 Å². The first-order valence-corrected chi connectivity index (χ1v) is 4.60. The zero-order chi connectivity index (χ0) is 11.5. The summed E-state index contributed by atoms with van der Waals surface area (Å²) >= 11 is 0. The molecule has 0 bridgehead atoms. The van der Waals surface area contributed by atoms with Gasteiger partial charge in [0.25, 0.3) is 0 Å². The number of carbonyl (C=O) groups is 2. The van der Waals surface area contributed by atoms with Gasteiger partial charge in [-0.05, 0) is 6.42 Å². The van der Waals surface area contributed by atoms with Crippen LogP contribution in [-0.2, 0) is 19.1 Å².